The van der Waals surface area contributed by atoms with E-state index in [0.29, 0.717) is 0 Å². The normalized spacial score (nSPS) is 12.0. The van der Waals surface area contributed by atoms with Crippen molar-refractivity contribution in [2.45, 2.75) is 19.9 Å². The maximum absolute atomic E-state index is 13.6. The Morgan fingerprint density at radius 1 is 1.26 bits per heavy atom. The van der Waals surface area contributed by atoms with E-state index in [1.165, 1.54) is 13.2 Å². The highest BCUT2D eigenvalue weighted by atomic mass is 19.1. The van der Waals surface area contributed by atoms with Crippen LogP contribution in [0.4, 0.5) is 10.1 Å². The molecule has 0 bridgehead atoms. The number of pyridine rings is 1. The number of methoxy groups -OCH3 is 1. The van der Waals surface area contributed by atoms with Crippen LogP contribution in [-0.2, 0) is 0 Å². The fourth-order valence-electron chi connectivity index (χ4n) is 1.92. The number of aromatic nitrogens is 1. The Hall–Kier alpha value is -2.10. The van der Waals surface area contributed by atoms with Crippen LogP contribution in [-0.4, -0.2) is 12.1 Å². The quantitative estimate of drug-likeness (QED) is 0.910. The van der Waals surface area contributed by atoms with Crippen molar-refractivity contribution in [3.05, 3.63) is 53.6 Å². The minimum Gasteiger partial charge on any atom is -0.494 e. The molecule has 0 saturated carbocycles. The van der Waals surface area contributed by atoms with Crippen molar-refractivity contribution < 1.29 is 9.13 Å². The third kappa shape index (κ3) is 3.22. The van der Waals surface area contributed by atoms with Crippen LogP contribution >= 0.6 is 0 Å². The molecule has 1 atom stereocenters. The first-order valence-electron chi connectivity index (χ1n) is 6.12. The lowest BCUT2D eigenvalue weighted by Gasteiger charge is -2.16. The smallest absolute Gasteiger partial charge is 0.165 e. The molecule has 0 radical (unpaired) electrons. The molecule has 0 aliphatic carbocycles. The molecule has 0 aliphatic rings. The molecule has 0 amide bonds. The Kier molecular flexibility index (Phi) is 4.00. The number of nitrogens with one attached hydrogen (secondary N) is 1. The Balaban J connectivity index is 2.15. The zero-order chi connectivity index (χ0) is 13.8. The van der Waals surface area contributed by atoms with Crippen molar-refractivity contribution in [2.24, 2.45) is 0 Å². The Morgan fingerprint density at radius 3 is 2.68 bits per heavy atom. The third-order valence-corrected chi connectivity index (χ3v) is 2.93. The van der Waals surface area contributed by atoms with Crippen molar-refractivity contribution in [3.63, 3.8) is 0 Å². The predicted octanol–water partition coefficient (Wildman–Crippen LogP) is 3.71. The SMILES string of the molecule is COc1ccc(C(C)Nc2cncc(C)c2)cc1F. The lowest BCUT2D eigenvalue weighted by molar-refractivity contribution is 0.386. The number of halogens is 1. The maximum atomic E-state index is 13.6. The van der Waals surface area contributed by atoms with Crippen LogP contribution in [0.1, 0.15) is 24.1 Å². The van der Waals surface area contributed by atoms with Gasteiger partial charge in [-0.1, -0.05) is 6.07 Å². The van der Waals surface area contributed by atoms with E-state index in [1.54, 1.807) is 18.5 Å². The number of aryl methyl sites for hydroxylation is 1. The van der Waals surface area contributed by atoms with Gasteiger partial charge in [0, 0.05) is 18.4 Å². The topological polar surface area (TPSA) is 34.1 Å². The summed E-state index contributed by atoms with van der Waals surface area (Å²) in [5, 5.41) is 3.29. The van der Waals surface area contributed by atoms with E-state index in [4.69, 9.17) is 4.74 Å². The lowest BCUT2D eigenvalue weighted by Crippen LogP contribution is -2.07. The van der Waals surface area contributed by atoms with E-state index in [2.05, 4.69) is 10.3 Å². The molecule has 0 aliphatic heterocycles. The first-order chi connectivity index (χ1) is 9.10. The van der Waals surface area contributed by atoms with Crippen molar-refractivity contribution in [1.82, 2.24) is 4.98 Å². The molecule has 0 saturated heterocycles. The minimum atomic E-state index is -0.351. The fraction of sp³-hybridized carbons (Fsp3) is 0.267. The van der Waals surface area contributed by atoms with Gasteiger partial charge in [-0.25, -0.2) is 4.39 Å². The second kappa shape index (κ2) is 5.69. The summed E-state index contributed by atoms with van der Waals surface area (Å²) in [6, 6.07) is 6.97. The summed E-state index contributed by atoms with van der Waals surface area (Å²) >= 11 is 0. The van der Waals surface area contributed by atoms with Gasteiger partial charge in [0.2, 0.25) is 0 Å². The van der Waals surface area contributed by atoms with Gasteiger partial charge in [-0.05, 0) is 43.2 Å². The molecule has 4 heteroatoms. The van der Waals surface area contributed by atoms with E-state index in [-0.39, 0.29) is 17.6 Å². The molecule has 0 fully saturated rings. The molecule has 1 heterocycles. The van der Waals surface area contributed by atoms with Gasteiger partial charge in [0.25, 0.3) is 0 Å². The molecule has 1 aromatic carbocycles. The van der Waals surface area contributed by atoms with Crippen LogP contribution in [0.25, 0.3) is 0 Å². The van der Waals surface area contributed by atoms with E-state index in [0.717, 1.165) is 16.8 Å². The van der Waals surface area contributed by atoms with Gasteiger partial charge in [-0.2, -0.15) is 0 Å². The van der Waals surface area contributed by atoms with E-state index in [9.17, 15) is 4.39 Å². The molecule has 100 valence electrons. The summed E-state index contributed by atoms with van der Waals surface area (Å²) in [4.78, 5) is 4.12. The molecule has 2 rings (SSSR count). The first-order valence-corrected chi connectivity index (χ1v) is 6.12. The minimum absolute atomic E-state index is 0.0102. The second-order valence-corrected chi connectivity index (χ2v) is 4.51. The van der Waals surface area contributed by atoms with Crippen molar-refractivity contribution in [1.29, 1.82) is 0 Å². The molecular weight excluding hydrogens is 243 g/mol. The van der Waals surface area contributed by atoms with Gasteiger partial charge in [0.1, 0.15) is 0 Å². The summed E-state index contributed by atoms with van der Waals surface area (Å²) in [5.74, 6) is -0.0933. The molecule has 0 spiro atoms. The standard InChI is InChI=1S/C15H17FN2O/c1-10-6-13(9-17-8-10)18-11(2)12-4-5-15(19-3)14(16)7-12/h4-9,11,18H,1-3H3. The number of benzene rings is 1. The number of nitrogens with zero attached hydrogens (tertiary/aromatic N) is 1. The molecule has 3 nitrogen and oxygen atoms in total. The number of hydrogen-bond donors (Lipinski definition) is 1. The number of hydrogen-bond acceptors (Lipinski definition) is 3. The summed E-state index contributed by atoms with van der Waals surface area (Å²) in [5.41, 5.74) is 2.86. The summed E-state index contributed by atoms with van der Waals surface area (Å²) in [6.45, 7) is 3.96. The van der Waals surface area contributed by atoms with Gasteiger partial charge in [-0.3, -0.25) is 4.98 Å². The summed E-state index contributed by atoms with van der Waals surface area (Å²) < 4.78 is 18.6. The average molecular weight is 260 g/mol. The van der Waals surface area contributed by atoms with Gasteiger partial charge < -0.3 is 10.1 Å². The molecule has 19 heavy (non-hydrogen) atoms. The van der Waals surface area contributed by atoms with E-state index >= 15 is 0 Å². The highest BCUT2D eigenvalue weighted by Crippen LogP contribution is 2.24. The van der Waals surface area contributed by atoms with Crippen molar-refractivity contribution in [2.75, 3.05) is 12.4 Å². The van der Waals surface area contributed by atoms with E-state index in [1.807, 2.05) is 26.0 Å². The van der Waals surface area contributed by atoms with E-state index < -0.39 is 0 Å². The van der Waals surface area contributed by atoms with Gasteiger partial charge >= 0.3 is 0 Å². The molecular formula is C15H17FN2O. The maximum Gasteiger partial charge on any atom is 0.165 e. The van der Waals surface area contributed by atoms with Crippen LogP contribution in [0.5, 0.6) is 5.75 Å². The molecule has 1 N–H and O–H groups in total. The largest absolute Gasteiger partial charge is 0.494 e. The zero-order valence-electron chi connectivity index (χ0n) is 11.3. The van der Waals surface area contributed by atoms with Crippen molar-refractivity contribution >= 4 is 5.69 Å². The molecule has 2 aromatic rings. The second-order valence-electron chi connectivity index (χ2n) is 4.51. The summed E-state index contributed by atoms with van der Waals surface area (Å²) in [7, 11) is 1.46. The van der Waals surface area contributed by atoms with Crippen LogP contribution < -0.4 is 10.1 Å². The molecule has 1 aromatic heterocycles. The highest BCUT2D eigenvalue weighted by molar-refractivity contribution is 5.45. The number of rotatable bonds is 4. The molecule has 1 unspecified atom stereocenters. The third-order valence-electron chi connectivity index (χ3n) is 2.93. The fourth-order valence-corrected chi connectivity index (χ4v) is 1.92. The van der Waals surface area contributed by atoms with Gasteiger partial charge in [-0.15, -0.1) is 0 Å². The van der Waals surface area contributed by atoms with Crippen LogP contribution in [0.15, 0.2) is 36.7 Å². The van der Waals surface area contributed by atoms with Gasteiger partial charge in [0.05, 0.1) is 12.8 Å². The average Bonchev–Trinajstić information content (AvgIpc) is 2.38. The number of ether oxygens (including phenoxy) is 1. The van der Waals surface area contributed by atoms with Gasteiger partial charge in [0.15, 0.2) is 11.6 Å². The van der Waals surface area contributed by atoms with Crippen LogP contribution in [0, 0.1) is 12.7 Å². The highest BCUT2D eigenvalue weighted by Gasteiger charge is 2.09. The number of anilines is 1. The van der Waals surface area contributed by atoms with Crippen molar-refractivity contribution in [3.8, 4) is 5.75 Å². The Labute approximate surface area is 112 Å². The predicted molar refractivity (Wildman–Crippen MR) is 74.0 cm³/mol. The van der Waals surface area contributed by atoms with Crippen LogP contribution in [0.2, 0.25) is 0 Å². The summed E-state index contributed by atoms with van der Waals surface area (Å²) in [6.07, 6.45) is 3.55. The Morgan fingerprint density at radius 2 is 2.05 bits per heavy atom. The Bertz CT molecular complexity index is 572. The van der Waals surface area contributed by atoms with Crippen LogP contribution in [0.3, 0.4) is 0 Å². The monoisotopic (exact) mass is 260 g/mol. The first kappa shape index (κ1) is 13.3. The zero-order valence-corrected chi connectivity index (χ0v) is 11.3. The lowest BCUT2D eigenvalue weighted by atomic mass is 10.1.